The predicted molar refractivity (Wildman–Crippen MR) is 114 cm³/mol. The maximum absolute atomic E-state index is 12.4. The fourth-order valence-electron chi connectivity index (χ4n) is 3.12. The van der Waals surface area contributed by atoms with Gasteiger partial charge in [0, 0.05) is 29.7 Å². The van der Waals surface area contributed by atoms with Gasteiger partial charge in [0.15, 0.2) is 15.0 Å². The number of carbonyl (C=O) groups is 1. The van der Waals surface area contributed by atoms with E-state index in [0.29, 0.717) is 18.7 Å². The number of aryl methyl sites for hydroxylation is 1. The van der Waals surface area contributed by atoms with Crippen LogP contribution in [0.15, 0.2) is 23.2 Å². The molecule has 1 aromatic rings. The van der Waals surface area contributed by atoms with Crippen LogP contribution < -0.4 is 10.6 Å². The molecule has 0 aromatic heterocycles. The second-order valence-corrected chi connectivity index (χ2v) is 10.8. The standard InChI is InChI=1S/C19H27N3O4S2/c1-12(2)26-8-4-7-20-18(23)14-6-5-13(3)15(9-14)21-19-22-16-10-28(24,25)11-17(16)27-19/h5-6,9,12,16-17H,4,7-8,10-11H2,1-3H3,(H,20,23)(H,21,22)/t16-,17+/m1/s1. The SMILES string of the molecule is Cc1ccc(C(=O)NCCCOC(C)C)cc1NC1=N[C@@H]2CS(=O)(=O)C[C@@H]2S1. The van der Waals surface area contributed by atoms with E-state index in [2.05, 4.69) is 15.6 Å². The number of amides is 1. The van der Waals surface area contributed by atoms with Crippen molar-refractivity contribution in [3.05, 3.63) is 29.3 Å². The summed E-state index contributed by atoms with van der Waals surface area (Å²) in [6, 6.07) is 5.33. The number of anilines is 1. The molecule has 1 amide bonds. The molecule has 0 spiro atoms. The molecule has 28 heavy (non-hydrogen) atoms. The number of nitrogens with one attached hydrogen (secondary N) is 2. The molecule has 0 unspecified atom stereocenters. The minimum atomic E-state index is -2.96. The van der Waals surface area contributed by atoms with Gasteiger partial charge in [0.1, 0.15) is 0 Å². The van der Waals surface area contributed by atoms with Gasteiger partial charge in [-0.3, -0.25) is 9.79 Å². The van der Waals surface area contributed by atoms with Crippen LogP contribution in [-0.2, 0) is 14.6 Å². The van der Waals surface area contributed by atoms with Crippen molar-refractivity contribution in [2.24, 2.45) is 4.99 Å². The normalized spacial score (nSPS) is 22.8. The van der Waals surface area contributed by atoms with E-state index in [-0.39, 0.29) is 34.8 Å². The number of aliphatic imine (C=N–C) groups is 1. The third kappa shape index (κ3) is 5.48. The Balaban J connectivity index is 1.57. The van der Waals surface area contributed by atoms with Gasteiger partial charge in [-0.1, -0.05) is 17.8 Å². The van der Waals surface area contributed by atoms with Gasteiger partial charge in [-0.05, 0) is 44.9 Å². The van der Waals surface area contributed by atoms with Crippen molar-refractivity contribution in [2.75, 3.05) is 30.0 Å². The maximum atomic E-state index is 12.4. The van der Waals surface area contributed by atoms with Gasteiger partial charge in [0.05, 0.1) is 23.7 Å². The number of hydrogen-bond acceptors (Lipinski definition) is 7. The first-order valence-corrected chi connectivity index (χ1v) is 12.2. The highest BCUT2D eigenvalue weighted by atomic mass is 32.2. The monoisotopic (exact) mass is 425 g/mol. The van der Waals surface area contributed by atoms with Crippen LogP contribution in [-0.4, -0.2) is 61.5 Å². The van der Waals surface area contributed by atoms with E-state index in [1.165, 1.54) is 11.8 Å². The van der Waals surface area contributed by atoms with E-state index in [1.807, 2.05) is 32.9 Å². The van der Waals surface area contributed by atoms with Gasteiger partial charge in [-0.15, -0.1) is 0 Å². The largest absolute Gasteiger partial charge is 0.379 e. The molecule has 0 bridgehead atoms. The molecular formula is C19H27N3O4S2. The van der Waals surface area contributed by atoms with E-state index >= 15 is 0 Å². The summed E-state index contributed by atoms with van der Waals surface area (Å²) < 4.78 is 28.8. The maximum Gasteiger partial charge on any atom is 0.251 e. The number of thioether (sulfide) groups is 1. The van der Waals surface area contributed by atoms with Crippen molar-refractivity contribution < 1.29 is 17.9 Å². The molecule has 0 radical (unpaired) electrons. The summed E-state index contributed by atoms with van der Waals surface area (Å²) in [5.74, 6) is 0.174. The van der Waals surface area contributed by atoms with Crippen molar-refractivity contribution in [1.29, 1.82) is 0 Å². The van der Waals surface area contributed by atoms with Crippen LogP contribution in [0.3, 0.4) is 0 Å². The minimum Gasteiger partial charge on any atom is -0.379 e. The van der Waals surface area contributed by atoms with Crippen LogP contribution in [0.2, 0.25) is 0 Å². The lowest BCUT2D eigenvalue weighted by Crippen LogP contribution is -2.25. The van der Waals surface area contributed by atoms with Crippen molar-refractivity contribution in [3.8, 4) is 0 Å². The molecule has 1 aromatic carbocycles. The number of carbonyl (C=O) groups excluding carboxylic acids is 1. The first-order chi connectivity index (χ1) is 13.2. The number of benzene rings is 1. The number of amidine groups is 1. The molecule has 9 heteroatoms. The summed E-state index contributed by atoms with van der Waals surface area (Å²) in [5, 5.41) is 6.88. The zero-order chi connectivity index (χ0) is 20.3. The highest BCUT2D eigenvalue weighted by molar-refractivity contribution is 8.15. The zero-order valence-corrected chi connectivity index (χ0v) is 18.0. The average molecular weight is 426 g/mol. The highest BCUT2D eigenvalue weighted by Crippen LogP contribution is 2.35. The Morgan fingerprint density at radius 3 is 2.86 bits per heavy atom. The molecule has 1 saturated heterocycles. The lowest BCUT2D eigenvalue weighted by Gasteiger charge is -2.12. The smallest absolute Gasteiger partial charge is 0.251 e. The fraction of sp³-hybridized carbons (Fsp3) is 0.579. The molecule has 2 aliphatic rings. The second kappa shape index (κ2) is 8.84. The van der Waals surface area contributed by atoms with Crippen molar-refractivity contribution in [2.45, 2.75) is 44.6 Å². The number of hydrogen-bond donors (Lipinski definition) is 2. The lowest BCUT2D eigenvalue weighted by atomic mass is 10.1. The van der Waals surface area contributed by atoms with Gasteiger partial charge in [0.25, 0.3) is 5.91 Å². The summed E-state index contributed by atoms with van der Waals surface area (Å²) in [6.07, 6.45) is 0.956. The Kier molecular flexibility index (Phi) is 6.67. The van der Waals surface area contributed by atoms with Crippen LogP contribution in [0.4, 0.5) is 5.69 Å². The molecule has 0 aliphatic carbocycles. The number of ether oxygens (including phenoxy) is 1. The summed E-state index contributed by atoms with van der Waals surface area (Å²) in [4.78, 5) is 16.9. The van der Waals surface area contributed by atoms with Gasteiger partial charge >= 0.3 is 0 Å². The molecule has 154 valence electrons. The van der Waals surface area contributed by atoms with Crippen molar-refractivity contribution in [1.82, 2.24) is 5.32 Å². The van der Waals surface area contributed by atoms with E-state index in [1.54, 1.807) is 6.07 Å². The Morgan fingerprint density at radius 1 is 1.36 bits per heavy atom. The molecule has 2 aliphatic heterocycles. The third-order valence-corrected chi connectivity index (χ3v) is 7.76. The minimum absolute atomic E-state index is 0.00709. The number of fused-ring (bicyclic) bond motifs is 1. The Hall–Kier alpha value is -1.58. The van der Waals surface area contributed by atoms with Gasteiger partial charge < -0.3 is 15.4 Å². The molecule has 2 N–H and O–H groups in total. The second-order valence-electron chi connectivity index (χ2n) is 7.42. The first-order valence-electron chi connectivity index (χ1n) is 9.46. The number of rotatable bonds is 7. The Labute approximate surface area is 170 Å². The summed E-state index contributed by atoms with van der Waals surface area (Å²) >= 11 is 1.47. The topological polar surface area (TPSA) is 96.9 Å². The van der Waals surface area contributed by atoms with E-state index in [0.717, 1.165) is 22.8 Å². The molecule has 2 atom stereocenters. The van der Waals surface area contributed by atoms with Crippen LogP contribution in [0, 0.1) is 6.92 Å². The van der Waals surface area contributed by atoms with Crippen LogP contribution in [0.1, 0.15) is 36.2 Å². The molecule has 7 nitrogen and oxygen atoms in total. The van der Waals surface area contributed by atoms with Gasteiger partial charge in [-0.25, -0.2) is 8.42 Å². The van der Waals surface area contributed by atoms with Crippen molar-refractivity contribution >= 4 is 38.4 Å². The number of sulfone groups is 1. The van der Waals surface area contributed by atoms with Gasteiger partial charge in [-0.2, -0.15) is 0 Å². The lowest BCUT2D eigenvalue weighted by molar-refractivity contribution is 0.0757. The molecule has 2 heterocycles. The van der Waals surface area contributed by atoms with Crippen molar-refractivity contribution in [3.63, 3.8) is 0 Å². The molecular weight excluding hydrogens is 398 g/mol. The predicted octanol–water partition coefficient (Wildman–Crippen LogP) is 2.22. The van der Waals surface area contributed by atoms with E-state index in [4.69, 9.17) is 4.74 Å². The summed E-state index contributed by atoms with van der Waals surface area (Å²) in [5.41, 5.74) is 2.38. The Morgan fingerprint density at radius 2 is 2.14 bits per heavy atom. The van der Waals surface area contributed by atoms with E-state index < -0.39 is 9.84 Å². The summed E-state index contributed by atoms with van der Waals surface area (Å²) in [7, 11) is -2.96. The molecule has 0 saturated carbocycles. The average Bonchev–Trinajstić information content (AvgIpc) is 3.08. The molecule has 3 rings (SSSR count). The quantitative estimate of drug-likeness (QED) is 0.650. The number of nitrogens with zero attached hydrogens (tertiary/aromatic N) is 1. The first kappa shape index (κ1) is 21.1. The van der Waals surface area contributed by atoms with E-state index in [9.17, 15) is 13.2 Å². The fourth-order valence-corrected chi connectivity index (χ4v) is 6.79. The summed E-state index contributed by atoms with van der Waals surface area (Å²) in [6.45, 7) is 7.10. The third-order valence-electron chi connectivity index (χ3n) is 4.62. The van der Waals surface area contributed by atoms with Crippen LogP contribution in [0.25, 0.3) is 0 Å². The van der Waals surface area contributed by atoms with Gasteiger partial charge in [0.2, 0.25) is 0 Å². The highest BCUT2D eigenvalue weighted by Gasteiger charge is 2.42. The zero-order valence-electron chi connectivity index (χ0n) is 16.4. The molecule has 1 fully saturated rings. The van der Waals surface area contributed by atoms with Crippen LogP contribution in [0.5, 0.6) is 0 Å². The van der Waals surface area contributed by atoms with Crippen LogP contribution >= 0.6 is 11.8 Å². The Bertz CT molecular complexity index is 868.